The molecule has 20 heavy (non-hydrogen) atoms. The van der Waals surface area contributed by atoms with E-state index >= 15 is 0 Å². The van der Waals surface area contributed by atoms with Crippen molar-refractivity contribution in [2.24, 2.45) is 0 Å². The average Bonchev–Trinajstić information content (AvgIpc) is 2.45. The first-order valence-corrected chi connectivity index (χ1v) is 7.73. The van der Waals surface area contributed by atoms with Gasteiger partial charge in [-0.05, 0) is 18.6 Å². The number of nitrogens with two attached hydrogens (primary N) is 1. The number of rotatable bonds is 10. The fourth-order valence-electron chi connectivity index (χ4n) is 2.15. The number of nitrogen functional groups attached to an aromatic ring is 1. The Hall–Kier alpha value is -1.58. The Balaban J connectivity index is 2.02. The molecule has 0 spiro atoms. The molecule has 0 aromatic carbocycles. The van der Waals surface area contributed by atoms with Crippen LogP contribution in [-0.2, 0) is 0 Å². The number of anilines is 1. The van der Waals surface area contributed by atoms with Gasteiger partial charge >= 0.3 is 0 Å². The van der Waals surface area contributed by atoms with E-state index in [1.165, 1.54) is 44.9 Å². The van der Waals surface area contributed by atoms with Gasteiger partial charge in [-0.25, -0.2) is 4.98 Å². The Morgan fingerprint density at radius 3 is 2.45 bits per heavy atom. The highest BCUT2D eigenvalue weighted by atomic mass is 16.1. The van der Waals surface area contributed by atoms with Gasteiger partial charge in [0.25, 0.3) is 5.91 Å². The highest BCUT2D eigenvalue weighted by Gasteiger charge is 2.04. The maximum Gasteiger partial charge on any atom is 0.251 e. The first kappa shape index (κ1) is 16.5. The molecule has 4 nitrogen and oxygen atoms in total. The summed E-state index contributed by atoms with van der Waals surface area (Å²) in [6.45, 7) is 2.97. The summed E-state index contributed by atoms with van der Waals surface area (Å²) >= 11 is 0. The number of aromatic nitrogens is 1. The van der Waals surface area contributed by atoms with Crippen LogP contribution in [0, 0.1) is 0 Å². The van der Waals surface area contributed by atoms with E-state index in [2.05, 4.69) is 17.2 Å². The van der Waals surface area contributed by atoms with Crippen LogP contribution in [0.5, 0.6) is 0 Å². The fraction of sp³-hybridized carbons (Fsp3) is 0.625. The molecule has 4 heteroatoms. The van der Waals surface area contributed by atoms with Crippen molar-refractivity contribution in [2.45, 2.75) is 58.3 Å². The second-order valence-corrected chi connectivity index (χ2v) is 5.20. The van der Waals surface area contributed by atoms with Gasteiger partial charge in [0.2, 0.25) is 0 Å². The number of nitrogens with zero attached hydrogens (tertiary/aromatic N) is 1. The third kappa shape index (κ3) is 7.12. The largest absolute Gasteiger partial charge is 0.384 e. The SMILES string of the molecule is CCCCCCCCCCNC(=O)c1ccnc(N)c1. The quantitative estimate of drug-likeness (QED) is 0.643. The van der Waals surface area contributed by atoms with Crippen molar-refractivity contribution in [3.05, 3.63) is 23.9 Å². The van der Waals surface area contributed by atoms with Crippen LogP contribution in [0.1, 0.15) is 68.6 Å². The van der Waals surface area contributed by atoms with E-state index in [1.807, 2.05) is 0 Å². The predicted molar refractivity (Wildman–Crippen MR) is 83.6 cm³/mol. The third-order valence-electron chi connectivity index (χ3n) is 3.36. The van der Waals surface area contributed by atoms with Gasteiger partial charge in [-0.1, -0.05) is 51.9 Å². The van der Waals surface area contributed by atoms with Crippen LogP contribution in [0.3, 0.4) is 0 Å². The monoisotopic (exact) mass is 277 g/mol. The van der Waals surface area contributed by atoms with Crippen LogP contribution in [0.15, 0.2) is 18.3 Å². The number of amides is 1. The molecule has 0 saturated heterocycles. The standard InChI is InChI=1S/C16H27N3O/c1-2-3-4-5-6-7-8-9-11-19-16(20)14-10-12-18-15(17)13-14/h10,12-13H,2-9,11H2,1H3,(H2,17,18)(H,19,20). The summed E-state index contributed by atoms with van der Waals surface area (Å²) < 4.78 is 0. The molecule has 0 aliphatic rings. The lowest BCUT2D eigenvalue weighted by molar-refractivity contribution is 0.0953. The molecule has 0 atom stereocenters. The molecule has 0 aliphatic carbocycles. The Morgan fingerprint density at radius 2 is 1.80 bits per heavy atom. The Kier molecular flexibility index (Phi) is 8.43. The minimum atomic E-state index is -0.0676. The minimum Gasteiger partial charge on any atom is -0.384 e. The number of pyridine rings is 1. The number of hydrogen-bond acceptors (Lipinski definition) is 3. The van der Waals surface area contributed by atoms with Crippen molar-refractivity contribution in [2.75, 3.05) is 12.3 Å². The van der Waals surface area contributed by atoms with E-state index < -0.39 is 0 Å². The number of carbonyl (C=O) groups is 1. The van der Waals surface area contributed by atoms with Gasteiger partial charge in [-0.15, -0.1) is 0 Å². The molecule has 3 N–H and O–H groups in total. The maximum absolute atomic E-state index is 11.8. The lowest BCUT2D eigenvalue weighted by atomic mass is 10.1. The van der Waals surface area contributed by atoms with E-state index in [-0.39, 0.29) is 5.91 Å². The molecule has 0 unspecified atom stereocenters. The van der Waals surface area contributed by atoms with Gasteiger partial charge in [0.05, 0.1) is 0 Å². The molecule has 1 rings (SSSR count). The summed E-state index contributed by atoms with van der Waals surface area (Å²) in [7, 11) is 0. The van der Waals surface area contributed by atoms with Gasteiger partial charge in [0.1, 0.15) is 5.82 Å². The Morgan fingerprint density at radius 1 is 1.15 bits per heavy atom. The zero-order valence-corrected chi connectivity index (χ0v) is 12.5. The normalized spacial score (nSPS) is 10.4. The van der Waals surface area contributed by atoms with E-state index in [1.54, 1.807) is 18.3 Å². The molecule has 0 aliphatic heterocycles. The minimum absolute atomic E-state index is 0.0676. The molecular formula is C16H27N3O. The number of carbonyl (C=O) groups excluding carboxylic acids is 1. The van der Waals surface area contributed by atoms with Crippen molar-refractivity contribution < 1.29 is 4.79 Å². The second kappa shape index (κ2) is 10.2. The molecule has 0 bridgehead atoms. The first-order valence-electron chi connectivity index (χ1n) is 7.73. The Labute approximate surface area is 122 Å². The smallest absolute Gasteiger partial charge is 0.251 e. The number of unbranched alkanes of at least 4 members (excludes halogenated alkanes) is 7. The molecule has 1 aromatic rings. The van der Waals surface area contributed by atoms with Gasteiger partial charge < -0.3 is 11.1 Å². The van der Waals surface area contributed by atoms with Crippen LogP contribution in [0.2, 0.25) is 0 Å². The predicted octanol–water partition coefficient (Wildman–Crippen LogP) is 3.53. The zero-order chi connectivity index (χ0) is 14.6. The van der Waals surface area contributed by atoms with Crippen molar-refractivity contribution in [1.82, 2.24) is 10.3 Å². The van der Waals surface area contributed by atoms with Crippen LogP contribution >= 0.6 is 0 Å². The van der Waals surface area contributed by atoms with E-state index in [0.717, 1.165) is 13.0 Å². The highest BCUT2D eigenvalue weighted by Crippen LogP contribution is 2.08. The topological polar surface area (TPSA) is 68.0 Å². The summed E-state index contributed by atoms with van der Waals surface area (Å²) in [5.74, 6) is 0.312. The molecule has 0 fully saturated rings. The van der Waals surface area contributed by atoms with Crippen molar-refractivity contribution in [1.29, 1.82) is 0 Å². The lowest BCUT2D eigenvalue weighted by Crippen LogP contribution is -2.24. The van der Waals surface area contributed by atoms with Crippen LogP contribution < -0.4 is 11.1 Å². The summed E-state index contributed by atoms with van der Waals surface area (Å²) in [5, 5.41) is 2.92. The average molecular weight is 277 g/mol. The Bertz CT molecular complexity index is 393. The lowest BCUT2D eigenvalue weighted by Gasteiger charge is -2.05. The molecule has 112 valence electrons. The van der Waals surface area contributed by atoms with Crippen LogP contribution in [0.4, 0.5) is 5.82 Å². The third-order valence-corrected chi connectivity index (χ3v) is 3.36. The van der Waals surface area contributed by atoms with Crippen LogP contribution in [0.25, 0.3) is 0 Å². The number of hydrogen-bond donors (Lipinski definition) is 2. The molecule has 1 amide bonds. The van der Waals surface area contributed by atoms with Gasteiger partial charge in [0, 0.05) is 18.3 Å². The van der Waals surface area contributed by atoms with E-state index in [9.17, 15) is 4.79 Å². The zero-order valence-electron chi connectivity index (χ0n) is 12.5. The van der Waals surface area contributed by atoms with E-state index in [4.69, 9.17) is 5.73 Å². The van der Waals surface area contributed by atoms with Crippen molar-refractivity contribution in [3.8, 4) is 0 Å². The van der Waals surface area contributed by atoms with Crippen LogP contribution in [-0.4, -0.2) is 17.4 Å². The highest BCUT2D eigenvalue weighted by molar-refractivity contribution is 5.94. The molecule has 0 saturated carbocycles. The molecule has 1 heterocycles. The van der Waals surface area contributed by atoms with E-state index in [0.29, 0.717) is 11.4 Å². The molecular weight excluding hydrogens is 250 g/mol. The summed E-state index contributed by atoms with van der Waals surface area (Å²) in [6, 6.07) is 3.28. The molecule has 1 aromatic heterocycles. The van der Waals surface area contributed by atoms with Gasteiger partial charge in [-0.3, -0.25) is 4.79 Å². The van der Waals surface area contributed by atoms with Gasteiger partial charge in [-0.2, -0.15) is 0 Å². The maximum atomic E-state index is 11.8. The first-order chi connectivity index (χ1) is 9.74. The van der Waals surface area contributed by atoms with Crippen molar-refractivity contribution in [3.63, 3.8) is 0 Å². The summed E-state index contributed by atoms with van der Waals surface area (Å²) in [4.78, 5) is 15.7. The number of nitrogens with one attached hydrogen (secondary N) is 1. The second-order valence-electron chi connectivity index (χ2n) is 5.20. The summed E-state index contributed by atoms with van der Waals surface area (Å²) in [5.41, 5.74) is 6.13. The summed E-state index contributed by atoms with van der Waals surface area (Å²) in [6.07, 6.45) is 11.7. The molecule has 0 radical (unpaired) electrons. The van der Waals surface area contributed by atoms with Gasteiger partial charge in [0.15, 0.2) is 0 Å². The fourth-order valence-corrected chi connectivity index (χ4v) is 2.15. The van der Waals surface area contributed by atoms with Crippen molar-refractivity contribution >= 4 is 11.7 Å².